The molecule has 0 spiro atoms. The first-order chi connectivity index (χ1) is 23.2. The lowest BCUT2D eigenvalue weighted by molar-refractivity contribution is 0.139. The number of hydrogen-bond acceptors (Lipinski definition) is 7. The average molecular weight is 652 g/mol. The van der Waals surface area contributed by atoms with E-state index in [1.54, 1.807) is 6.07 Å². The summed E-state index contributed by atoms with van der Waals surface area (Å²) in [5, 5.41) is 16.0. The average Bonchev–Trinajstić information content (AvgIpc) is 3.76. The number of benzene rings is 3. The van der Waals surface area contributed by atoms with E-state index in [-0.39, 0.29) is 39.7 Å². The van der Waals surface area contributed by atoms with Gasteiger partial charge in [-0.25, -0.2) is 8.78 Å². The van der Waals surface area contributed by atoms with E-state index < -0.39 is 11.6 Å². The summed E-state index contributed by atoms with van der Waals surface area (Å²) >= 11 is 0. The molecule has 0 radical (unpaired) electrons. The highest BCUT2D eigenvalue weighted by Gasteiger charge is 2.45. The zero-order valence-electron chi connectivity index (χ0n) is 27.8. The fourth-order valence-electron chi connectivity index (χ4n) is 8.31. The van der Waals surface area contributed by atoms with Crippen LogP contribution < -0.4 is 15.0 Å². The Hall–Kier alpha value is -4.00. The number of terminal acetylenes is 1. The number of piperidine rings is 1. The first-order valence-corrected chi connectivity index (χ1v) is 17.5. The van der Waals surface area contributed by atoms with Crippen molar-refractivity contribution in [2.75, 3.05) is 44.2 Å². The molecule has 4 aromatic rings. The number of ether oxygens (including phenoxy) is 1. The van der Waals surface area contributed by atoms with Gasteiger partial charge >= 0.3 is 6.01 Å². The van der Waals surface area contributed by atoms with E-state index >= 15 is 8.78 Å². The van der Waals surface area contributed by atoms with Gasteiger partial charge in [0.1, 0.15) is 22.9 Å². The molecule has 3 saturated heterocycles. The molecular weight excluding hydrogens is 608 g/mol. The van der Waals surface area contributed by atoms with Gasteiger partial charge in [-0.15, -0.1) is 6.42 Å². The number of nitrogens with zero attached hydrogens (tertiary/aromatic N) is 4. The van der Waals surface area contributed by atoms with Crippen LogP contribution in [0.25, 0.3) is 32.8 Å². The van der Waals surface area contributed by atoms with E-state index in [0.29, 0.717) is 51.8 Å². The minimum Gasteiger partial charge on any atom is -0.508 e. The van der Waals surface area contributed by atoms with Crippen LogP contribution in [0, 0.1) is 29.4 Å². The molecule has 4 heterocycles. The molecule has 48 heavy (non-hydrogen) atoms. The fourth-order valence-corrected chi connectivity index (χ4v) is 8.31. The number of nitrogens with one attached hydrogen (secondary N) is 1. The predicted octanol–water partition coefficient (Wildman–Crippen LogP) is 7.12. The number of rotatable bonds is 8. The number of likely N-dealkylation sites (tertiary alicyclic amines) is 1. The molecule has 1 saturated carbocycles. The molecule has 3 aromatic carbocycles. The molecule has 0 amide bonds. The van der Waals surface area contributed by atoms with Gasteiger partial charge in [0.15, 0.2) is 5.82 Å². The standard InChI is InChI=1S/C39H43F2N5O2/c1-4-28-32(40)11-8-24-16-27(47)17-30(33(24)28)34-29(23(2)3)18-31-36(35(34)41)43-38(44-37(31)46-19-25-9-10-26(20-46)42-25)48-22-39(12-13-39)21-45-14-6-5-7-15-45/h1,8,11,16-18,23,25-26,42,47H,5-7,9-10,12-15,19-22H2,2-3H3. The molecule has 3 aliphatic heterocycles. The number of piperazine rings is 1. The van der Waals surface area contributed by atoms with Crippen LogP contribution in [0.4, 0.5) is 14.6 Å². The van der Waals surface area contributed by atoms with Crippen molar-refractivity contribution in [2.45, 2.75) is 76.8 Å². The Morgan fingerprint density at radius 1 is 1.06 bits per heavy atom. The van der Waals surface area contributed by atoms with E-state index in [1.807, 2.05) is 19.9 Å². The number of aromatic hydroxyl groups is 1. The molecule has 4 fully saturated rings. The second-order valence-corrected chi connectivity index (χ2v) is 14.9. The number of aromatic nitrogens is 2. The number of fused-ring (bicyclic) bond motifs is 4. The summed E-state index contributed by atoms with van der Waals surface area (Å²) < 4.78 is 39.0. The van der Waals surface area contributed by atoms with Crippen molar-refractivity contribution in [3.63, 3.8) is 0 Å². The van der Waals surface area contributed by atoms with Crippen molar-refractivity contribution in [2.24, 2.45) is 5.41 Å². The Morgan fingerprint density at radius 2 is 1.81 bits per heavy atom. The summed E-state index contributed by atoms with van der Waals surface area (Å²) in [5.41, 5.74) is 1.54. The van der Waals surface area contributed by atoms with Gasteiger partial charge in [0.05, 0.1) is 12.2 Å². The lowest BCUT2D eigenvalue weighted by Gasteiger charge is -2.34. The van der Waals surface area contributed by atoms with Crippen molar-refractivity contribution in [1.29, 1.82) is 0 Å². The molecule has 250 valence electrons. The van der Waals surface area contributed by atoms with E-state index in [4.69, 9.17) is 21.1 Å². The maximum Gasteiger partial charge on any atom is 0.319 e. The lowest BCUT2D eigenvalue weighted by Crippen LogP contribution is -2.51. The van der Waals surface area contributed by atoms with Crippen LogP contribution >= 0.6 is 0 Å². The molecule has 7 nitrogen and oxygen atoms in total. The summed E-state index contributed by atoms with van der Waals surface area (Å²) in [6.45, 7) is 9.28. The monoisotopic (exact) mass is 651 g/mol. The highest BCUT2D eigenvalue weighted by Crippen LogP contribution is 2.48. The van der Waals surface area contributed by atoms with Crippen molar-refractivity contribution in [1.82, 2.24) is 20.2 Å². The van der Waals surface area contributed by atoms with E-state index in [2.05, 4.69) is 21.0 Å². The van der Waals surface area contributed by atoms with Crippen LogP contribution in [0.1, 0.15) is 75.8 Å². The fraction of sp³-hybridized carbons (Fsp3) is 0.487. The Bertz CT molecular complexity index is 1930. The molecule has 9 heteroatoms. The topological polar surface area (TPSA) is 73.8 Å². The second-order valence-electron chi connectivity index (χ2n) is 14.9. The van der Waals surface area contributed by atoms with Gasteiger partial charge in [-0.1, -0.05) is 32.3 Å². The summed E-state index contributed by atoms with van der Waals surface area (Å²) in [5.74, 6) is 1.84. The molecule has 8 rings (SSSR count). The number of halogens is 2. The Kier molecular flexibility index (Phi) is 7.92. The zero-order valence-corrected chi connectivity index (χ0v) is 27.8. The van der Waals surface area contributed by atoms with Crippen LogP contribution in [0.5, 0.6) is 11.8 Å². The third-order valence-electron chi connectivity index (χ3n) is 11.0. The third kappa shape index (κ3) is 5.63. The van der Waals surface area contributed by atoms with Crippen molar-refractivity contribution in [3.05, 3.63) is 53.1 Å². The van der Waals surface area contributed by atoms with Gasteiger partial charge in [0.2, 0.25) is 0 Å². The van der Waals surface area contributed by atoms with Crippen LogP contribution in [0.15, 0.2) is 30.3 Å². The van der Waals surface area contributed by atoms with E-state index in [0.717, 1.165) is 58.4 Å². The first kappa shape index (κ1) is 31.3. The Labute approximate surface area is 280 Å². The maximum atomic E-state index is 17.4. The van der Waals surface area contributed by atoms with Crippen LogP contribution in [-0.4, -0.2) is 71.4 Å². The molecule has 1 aliphatic carbocycles. The molecule has 2 N–H and O–H groups in total. The number of anilines is 1. The zero-order chi connectivity index (χ0) is 33.2. The van der Waals surface area contributed by atoms with Crippen LogP contribution in [-0.2, 0) is 0 Å². The van der Waals surface area contributed by atoms with Crippen LogP contribution in [0.3, 0.4) is 0 Å². The van der Waals surface area contributed by atoms with Crippen molar-refractivity contribution >= 4 is 27.5 Å². The van der Waals surface area contributed by atoms with E-state index in [1.165, 1.54) is 37.5 Å². The maximum absolute atomic E-state index is 17.4. The third-order valence-corrected chi connectivity index (χ3v) is 11.0. The minimum absolute atomic E-state index is 0.0313. The Morgan fingerprint density at radius 3 is 2.50 bits per heavy atom. The number of phenols is 1. The highest BCUT2D eigenvalue weighted by molar-refractivity contribution is 6.05. The normalized spacial score (nSPS) is 22.0. The summed E-state index contributed by atoms with van der Waals surface area (Å²) in [7, 11) is 0. The summed E-state index contributed by atoms with van der Waals surface area (Å²) in [6, 6.07) is 8.69. The second kappa shape index (κ2) is 12.2. The van der Waals surface area contributed by atoms with Gasteiger partial charge in [0.25, 0.3) is 0 Å². The molecule has 2 unspecified atom stereocenters. The number of hydrogen-bond donors (Lipinski definition) is 2. The Balaban J connectivity index is 1.28. The minimum atomic E-state index is -0.573. The summed E-state index contributed by atoms with van der Waals surface area (Å²) in [4.78, 5) is 14.6. The quantitative estimate of drug-likeness (QED) is 0.197. The van der Waals surface area contributed by atoms with Crippen LogP contribution in [0.2, 0.25) is 0 Å². The van der Waals surface area contributed by atoms with Gasteiger partial charge in [-0.05, 0) is 98.3 Å². The first-order valence-electron chi connectivity index (χ1n) is 17.5. The molecular formula is C39H43F2N5O2. The van der Waals surface area contributed by atoms with Gasteiger partial charge < -0.3 is 25.0 Å². The largest absolute Gasteiger partial charge is 0.508 e. The number of phenolic OH excluding ortho intramolecular Hbond substituents is 1. The van der Waals surface area contributed by atoms with Gasteiger partial charge in [-0.3, -0.25) is 0 Å². The molecule has 2 atom stereocenters. The predicted molar refractivity (Wildman–Crippen MR) is 186 cm³/mol. The van der Waals surface area contributed by atoms with Gasteiger partial charge in [-0.2, -0.15) is 9.97 Å². The smallest absolute Gasteiger partial charge is 0.319 e. The SMILES string of the molecule is C#Cc1c(F)ccc2cc(O)cc(-c3c(C(C)C)cc4c(N5CC6CCC(C5)N6)nc(OCC5(CN6CCCCC6)CC5)nc4c3F)c12. The van der Waals surface area contributed by atoms with Crippen molar-refractivity contribution < 1.29 is 18.6 Å². The van der Waals surface area contributed by atoms with Crippen molar-refractivity contribution in [3.8, 4) is 35.2 Å². The van der Waals surface area contributed by atoms with Gasteiger partial charge in [0, 0.05) is 53.5 Å². The molecule has 2 bridgehead atoms. The summed E-state index contributed by atoms with van der Waals surface area (Å²) in [6.07, 6.45) is 14.0. The van der Waals surface area contributed by atoms with E-state index in [9.17, 15) is 5.11 Å². The molecule has 1 aromatic heterocycles. The highest BCUT2D eigenvalue weighted by atomic mass is 19.1. The lowest BCUT2D eigenvalue weighted by atomic mass is 9.86. The molecule has 4 aliphatic rings.